The average Bonchev–Trinajstić information content (AvgIpc) is 2.80. The molecule has 1 heterocycles. The highest BCUT2D eigenvalue weighted by atomic mass is 16.3. The second-order valence-corrected chi connectivity index (χ2v) is 4.48. The van der Waals surface area contributed by atoms with Crippen molar-refractivity contribution in [3.63, 3.8) is 0 Å². The van der Waals surface area contributed by atoms with Crippen molar-refractivity contribution in [3.8, 4) is 0 Å². The Hall–Kier alpha value is -1.35. The van der Waals surface area contributed by atoms with Crippen LogP contribution in [0.2, 0.25) is 0 Å². The monoisotopic (exact) mass is 202 g/mol. The maximum Gasteiger partial charge on any atom is 0.181 e. The van der Waals surface area contributed by atoms with E-state index in [2.05, 4.69) is 11.1 Å². The Morgan fingerprint density at radius 2 is 2.27 bits per heavy atom. The third-order valence-electron chi connectivity index (χ3n) is 3.23. The number of aromatic nitrogens is 1. The molecule has 0 atom stereocenters. The van der Waals surface area contributed by atoms with Crippen LogP contribution in [0.25, 0.3) is 11.1 Å². The molecule has 2 N–H and O–H groups in total. The molecule has 3 heteroatoms. The van der Waals surface area contributed by atoms with Crippen molar-refractivity contribution in [2.75, 3.05) is 0 Å². The SMILES string of the molecule is NC1(CCc2cccc3ocnc23)CC1. The van der Waals surface area contributed by atoms with Gasteiger partial charge in [-0.05, 0) is 37.3 Å². The van der Waals surface area contributed by atoms with Crippen molar-refractivity contribution in [2.45, 2.75) is 31.2 Å². The van der Waals surface area contributed by atoms with E-state index >= 15 is 0 Å². The van der Waals surface area contributed by atoms with Crippen molar-refractivity contribution in [3.05, 3.63) is 30.2 Å². The predicted octanol–water partition coefficient (Wildman–Crippen LogP) is 2.25. The minimum absolute atomic E-state index is 0.117. The molecule has 0 saturated heterocycles. The highest BCUT2D eigenvalue weighted by Crippen LogP contribution is 2.37. The van der Waals surface area contributed by atoms with E-state index < -0.39 is 0 Å². The Kier molecular flexibility index (Phi) is 1.83. The zero-order chi connectivity index (χ0) is 10.3. The summed E-state index contributed by atoms with van der Waals surface area (Å²) in [7, 11) is 0. The molecule has 0 amide bonds. The summed E-state index contributed by atoms with van der Waals surface area (Å²) in [4.78, 5) is 4.23. The number of benzene rings is 1. The van der Waals surface area contributed by atoms with Crippen LogP contribution >= 0.6 is 0 Å². The van der Waals surface area contributed by atoms with Gasteiger partial charge in [0.2, 0.25) is 0 Å². The van der Waals surface area contributed by atoms with Gasteiger partial charge in [-0.15, -0.1) is 0 Å². The molecule has 78 valence electrons. The lowest BCUT2D eigenvalue weighted by Gasteiger charge is -2.07. The van der Waals surface area contributed by atoms with Crippen molar-refractivity contribution in [2.24, 2.45) is 5.73 Å². The van der Waals surface area contributed by atoms with E-state index in [0.29, 0.717) is 0 Å². The Bertz CT molecular complexity index is 485. The normalized spacial score (nSPS) is 18.2. The first kappa shape index (κ1) is 8.92. The second-order valence-electron chi connectivity index (χ2n) is 4.48. The summed E-state index contributed by atoms with van der Waals surface area (Å²) in [6.45, 7) is 0. The van der Waals surface area contributed by atoms with Crippen LogP contribution in [-0.4, -0.2) is 10.5 Å². The molecule has 1 aliphatic carbocycles. The van der Waals surface area contributed by atoms with Gasteiger partial charge in [-0.2, -0.15) is 0 Å². The van der Waals surface area contributed by atoms with Gasteiger partial charge in [0.15, 0.2) is 12.0 Å². The number of fused-ring (bicyclic) bond motifs is 1. The van der Waals surface area contributed by atoms with E-state index in [0.717, 1.165) is 23.9 Å². The average molecular weight is 202 g/mol. The molecule has 0 radical (unpaired) electrons. The van der Waals surface area contributed by atoms with E-state index in [1.165, 1.54) is 24.8 Å². The van der Waals surface area contributed by atoms with Crippen LogP contribution in [0, 0.1) is 0 Å². The minimum Gasteiger partial charge on any atom is -0.443 e. The Morgan fingerprint density at radius 3 is 3.07 bits per heavy atom. The number of para-hydroxylation sites is 1. The number of hydrogen-bond donors (Lipinski definition) is 1. The molecule has 2 aromatic rings. The maximum absolute atomic E-state index is 6.07. The minimum atomic E-state index is 0.117. The maximum atomic E-state index is 6.07. The molecule has 0 bridgehead atoms. The van der Waals surface area contributed by atoms with Crippen LogP contribution < -0.4 is 5.73 Å². The molecule has 0 aliphatic heterocycles. The predicted molar refractivity (Wildman–Crippen MR) is 58.5 cm³/mol. The number of hydrogen-bond acceptors (Lipinski definition) is 3. The standard InChI is InChI=1S/C12H14N2O/c13-12(6-7-12)5-4-9-2-1-3-10-11(9)14-8-15-10/h1-3,8H,4-7,13H2. The van der Waals surface area contributed by atoms with E-state index in [4.69, 9.17) is 10.2 Å². The summed E-state index contributed by atoms with van der Waals surface area (Å²) in [6, 6.07) is 6.07. The van der Waals surface area contributed by atoms with Gasteiger partial charge >= 0.3 is 0 Å². The Balaban J connectivity index is 1.86. The zero-order valence-corrected chi connectivity index (χ0v) is 8.57. The van der Waals surface area contributed by atoms with Crippen LogP contribution in [0.3, 0.4) is 0 Å². The van der Waals surface area contributed by atoms with Gasteiger partial charge in [-0.25, -0.2) is 4.98 Å². The molecule has 0 unspecified atom stereocenters. The number of nitrogens with two attached hydrogens (primary N) is 1. The lowest BCUT2D eigenvalue weighted by Crippen LogP contribution is -2.22. The molecular weight excluding hydrogens is 188 g/mol. The van der Waals surface area contributed by atoms with Gasteiger partial charge in [0.25, 0.3) is 0 Å². The lowest BCUT2D eigenvalue weighted by atomic mass is 10.0. The highest BCUT2D eigenvalue weighted by molar-refractivity contribution is 5.75. The largest absolute Gasteiger partial charge is 0.443 e. The summed E-state index contributed by atoms with van der Waals surface area (Å²) in [5.41, 5.74) is 9.29. The molecule has 3 nitrogen and oxygen atoms in total. The first-order chi connectivity index (χ1) is 7.27. The molecule has 15 heavy (non-hydrogen) atoms. The smallest absolute Gasteiger partial charge is 0.181 e. The van der Waals surface area contributed by atoms with Gasteiger partial charge < -0.3 is 10.2 Å². The van der Waals surface area contributed by atoms with Gasteiger partial charge in [-0.1, -0.05) is 12.1 Å². The zero-order valence-electron chi connectivity index (χ0n) is 8.57. The molecule has 1 aromatic carbocycles. The van der Waals surface area contributed by atoms with Gasteiger partial charge in [0.1, 0.15) is 5.52 Å². The molecule has 1 aliphatic rings. The fourth-order valence-corrected chi connectivity index (χ4v) is 1.94. The van der Waals surface area contributed by atoms with E-state index in [9.17, 15) is 0 Å². The summed E-state index contributed by atoms with van der Waals surface area (Å²) in [5, 5.41) is 0. The number of nitrogens with zero attached hydrogens (tertiary/aromatic N) is 1. The highest BCUT2D eigenvalue weighted by Gasteiger charge is 2.37. The van der Waals surface area contributed by atoms with Gasteiger partial charge in [0, 0.05) is 5.54 Å². The van der Waals surface area contributed by atoms with Crippen LogP contribution in [0.15, 0.2) is 29.0 Å². The van der Waals surface area contributed by atoms with Gasteiger partial charge in [0.05, 0.1) is 0 Å². The number of aryl methyl sites for hydroxylation is 1. The molecule has 3 rings (SSSR count). The Labute approximate surface area is 88.3 Å². The Morgan fingerprint density at radius 1 is 1.40 bits per heavy atom. The fraction of sp³-hybridized carbons (Fsp3) is 0.417. The number of rotatable bonds is 3. The first-order valence-electron chi connectivity index (χ1n) is 5.37. The summed E-state index contributed by atoms with van der Waals surface area (Å²) in [6.07, 6.45) is 5.90. The van der Waals surface area contributed by atoms with Crippen LogP contribution in [-0.2, 0) is 6.42 Å². The van der Waals surface area contributed by atoms with Crippen molar-refractivity contribution < 1.29 is 4.42 Å². The van der Waals surface area contributed by atoms with E-state index in [-0.39, 0.29) is 5.54 Å². The summed E-state index contributed by atoms with van der Waals surface area (Å²) >= 11 is 0. The van der Waals surface area contributed by atoms with Crippen LogP contribution in [0.1, 0.15) is 24.8 Å². The number of oxazole rings is 1. The molecule has 1 aromatic heterocycles. The third kappa shape index (κ3) is 1.63. The summed E-state index contributed by atoms with van der Waals surface area (Å²) < 4.78 is 5.26. The molecule has 1 fully saturated rings. The first-order valence-corrected chi connectivity index (χ1v) is 5.37. The van der Waals surface area contributed by atoms with E-state index in [1.54, 1.807) is 0 Å². The van der Waals surface area contributed by atoms with Crippen LogP contribution in [0.5, 0.6) is 0 Å². The topological polar surface area (TPSA) is 52.0 Å². The lowest BCUT2D eigenvalue weighted by molar-refractivity contribution is 0.601. The fourth-order valence-electron chi connectivity index (χ4n) is 1.94. The van der Waals surface area contributed by atoms with Gasteiger partial charge in [-0.3, -0.25) is 0 Å². The summed E-state index contributed by atoms with van der Waals surface area (Å²) in [5.74, 6) is 0. The third-order valence-corrected chi connectivity index (χ3v) is 3.23. The van der Waals surface area contributed by atoms with Crippen LogP contribution in [0.4, 0.5) is 0 Å². The second kappa shape index (κ2) is 3.07. The van der Waals surface area contributed by atoms with Crippen molar-refractivity contribution in [1.29, 1.82) is 0 Å². The van der Waals surface area contributed by atoms with Crippen molar-refractivity contribution >= 4 is 11.1 Å². The van der Waals surface area contributed by atoms with Crippen molar-refractivity contribution in [1.82, 2.24) is 4.98 Å². The molecule has 0 spiro atoms. The van der Waals surface area contributed by atoms with E-state index in [1.807, 2.05) is 12.1 Å². The quantitative estimate of drug-likeness (QED) is 0.830. The molecular formula is C12H14N2O. The molecule has 1 saturated carbocycles.